The van der Waals surface area contributed by atoms with Gasteiger partial charge in [-0.2, -0.15) is 13.2 Å². The Morgan fingerprint density at radius 3 is 2.70 bits per heavy atom. The van der Waals surface area contributed by atoms with Gasteiger partial charge in [-0.25, -0.2) is 9.97 Å². The van der Waals surface area contributed by atoms with E-state index in [2.05, 4.69) is 9.97 Å². The number of hydrogen-bond donors (Lipinski definition) is 0. The van der Waals surface area contributed by atoms with Crippen LogP contribution < -0.4 is 0 Å². The largest absolute Gasteiger partial charge is 0.417 e. The molecule has 120 valence electrons. The van der Waals surface area contributed by atoms with Crippen molar-refractivity contribution in [2.75, 3.05) is 5.75 Å². The highest BCUT2D eigenvalue weighted by Gasteiger charge is 2.31. The molecule has 3 rings (SSSR count). The van der Waals surface area contributed by atoms with E-state index in [1.165, 1.54) is 11.3 Å². The lowest BCUT2D eigenvalue weighted by Gasteiger charge is -2.04. The molecule has 0 N–H and O–H groups in total. The van der Waals surface area contributed by atoms with Crippen molar-refractivity contribution in [1.29, 1.82) is 0 Å². The minimum absolute atomic E-state index is 0.192. The topological polar surface area (TPSA) is 42.9 Å². The number of hydrogen-bond acceptors (Lipinski definition) is 4. The van der Waals surface area contributed by atoms with Crippen molar-refractivity contribution in [3.63, 3.8) is 0 Å². The van der Waals surface area contributed by atoms with Gasteiger partial charge >= 0.3 is 6.18 Å². The molecule has 3 aromatic rings. The van der Waals surface area contributed by atoms with Crippen LogP contribution in [-0.2, 0) is 17.0 Å². The van der Waals surface area contributed by atoms with Crippen molar-refractivity contribution >= 4 is 32.5 Å². The fourth-order valence-corrected chi connectivity index (χ4v) is 4.04. The maximum absolute atomic E-state index is 12.8. The zero-order chi connectivity index (χ0) is 16.6. The van der Waals surface area contributed by atoms with Gasteiger partial charge in [0.25, 0.3) is 0 Å². The van der Waals surface area contributed by atoms with Gasteiger partial charge in [0, 0.05) is 22.4 Å². The minimum atomic E-state index is -4.45. The summed E-state index contributed by atoms with van der Waals surface area (Å²) >= 11 is 1.19. The third kappa shape index (κ3) is 3.13. The second kappa shape index (κ2) is 6.01. The van der Waals surface area contributed by atoms with Gasteiger partial charge in [0.1, 0.15) is 15.4 Å². The van der Waals surface area contributed by atoms with Crippen LogP contribution >= 0.6 is 11.3 Å². The summed E-state index contributed by atoms with van der Waals surface area (Å²) in [7, 11) is -1.18. The lowest BCUT2D eigenvalue weighted by molar-refractivity contribution is -0.137. The van der Waals surface area contributed by atoms with E-state index < -0.39 is 22.5 Å². The lowest BCUT2D eigenvalue weighted by atomic mass is 10.2. The number of alkyl halides is 3. The van der Waals surface area contributed by atoms with Crippen molar-refractivity contribution in [1.82, 2.24) is 9.97 Å². The Bertz CT molecular complexity index is 890. The molecule has 0 fully saturated rings. The fourth-order valence-electron chi connectivity index (χ4n) is 2.09. The summed E-state index contributed by atoms with van der Waals surface area (Å²) in [4.78, 5) is 9.16. The smallest absolute Gasteiger partial charge is 0.254 e. The first-order valence-electron chi connectivity index (χ1n) is 6.71. The molecule has 1 unspecified atom stereocenters. The quantitative estimate of drug-likeness (QED) is 0.694. The normalized spacial score (nSPS) is 13.4. The van der Waals surface area contributed by atoms with Gasteiger partial charge in [0.05, 0.1) is 16.4 Å². The van der Waals surface area contributed by atoms with Gasteiger partial charge < -0.3 is 0 Å². The Labute approximate surface area is 136 Å². The molecule has 8 heteroatoms. The van der Waals surface area contributed by atoms with Gasteiger partial charge in [-0.15, -0.1) is 0 Å². The van der Waals surface area contributed by atoms with Gasteiger partial charge in [-0.1, -0.05) is 36.5 Å². The van der Waals surface area contributed by atoms with Crippen molar-refractivity contribution in [3.8, 4) is 10.6 Å². The van der Waals surface area contributed by atoms with E-state index in [1.54, 1.807) is 24.3 Å². The van der Waals surface area contributed by atoms with Crippen molar-refractivity contribution in [2.45, 2.75) is 18.0 Å². The molecule has 0 aliphatic carbocycles. The second-order valence-corrected chi connectivity index (χ2v) is 7.38. The third-order valence-corrected chi connectivity index (χ3v) is 5.58. The number of thiazole rings is 1. The highest BCUT2D eigenvalue weighted by atomic mass is 32.2. The van der Waals surface area contributed by atoms with Crippen LogP contribution in [0.5, 0.6) is 0 Å². The average molecular weight is 356 g/mol. The summed E-state index contributed by atoms with van der Waals surface area (Å²) < 4.78 is 50.4. The molecular weight excluding hydrogens is 345 g/mol. The van der Waals surface area contributed by atoms with Crippen LogP contribution in [0.1, 0.15) is 12.5 Å². The number of rotatable bonds is 3. The van der Waals surface area contributed by atoms with Crippen LogP contribution in [0, 0.1) is 0 Å². The SMILES string of the molecule is CCS(=O)c1ccccc1-c1nc2cc(C(F)(F)F)cnc2s1. The van der Waals surface area contributed by atoms with Crippen LogP contribution in [0.25, 0.3) is 20.9 Å². The Morgan fingerprint density at radius 1 is 1.26 bits per heavy atom. The summed E-state index contributed by atoms with van der Waals surface area (Å²) in [6.07, 6.45) is -3.65. The average Bonchev–Trinajstić information content (AvgIpc) is 2.96. The molecule has 0 saturated heterocycles. The van der Waals surface area contributed by atoms with Crippen LogP contribution in [0.4, 0.5) is 13.2 Å². The molecule has 3 nitrogen and oxygen atoms in total. The van der Waals surface area contributed by atoms with Gasteiger partial charge in [0.15, 0.2) is 0 Å². The molecule has 0 spiro atoms. The molecule has 2 heterocycles. The standard InChI is InChI=1S/C15H11F3N2OS2/c1-2-23(21)12-6-4-3-5-10(12)13-20-11-7-9(15(16,17)18)8-19-14(11)22-13/h3-8H,2H2,1H3. The molecule has 1 atom stereocenters. The van der Waals surface area contributed by atoms with E-state index in [0.717, 1.165) is 12.3 Å². The number of halogens is 3. The predicted molar refractivity (Wildman–Crippen MR) is 84.8 cm³/mol. The number of aromatic nitrogens is 2. The van der Waals surface area contributed by atoms with Crippen LogP contribution in [0.3, 0.4) is 0 Å². The van der Waals surface area contributed by atoms with Crippen LogP contribution in [0.2, 0.25) is 0 Å². The molecular formula is C15H11F3N2OS2. The molecule has 0 amide bonds. The molecule has 23 heavy (non-hydrogen) atoms. The first-order chi connectivity index (χ1) is 10.9. The van der Waals surface area contributed by atoms with Crippen molar-refractivity contribution in [2.24, 2.45) is 0 Å². The van der Waals surface area contributed by atoms with Crippen LogP contribution in [0.15, 0.2) is 41.4 Å². The van der Waals surface area contributed by atoms with E-state index in [-0.39, 0.29) is 5.52 Å². The van der Waals surface area contributed by atoms with Crippen molar-refractivity contribution in [3.05, 3.63) is 42.1 Å². The summed E-state index contributed by atoms with van der Waals surface area (Å²) in [6.45, 7) is 1.81. The monoisotopic (exact) mass is 356 g/mol. The molecule has 1 aromatic carbocycles. The van der Waals surface area contributed by atoms with E-state index in [0.29, 0.717) is 26.0 Å². The van der Waals surface area contributed by atoms with E-state index in [4.69, 9.17) is 0 Å². The maximum Gasteiger partial charge on any atom is 0.417 e. The predicted octanol–water partition coefficient (Wildman–Crippen LogP) is 4.50. The lowest BCUT2D eigenvalue weighted by Crippen LogP contribution is -2.04. The summed E-state index contributed by atoms with van der Waals surface area (Å²) in [5.41, 5.74) is 0.0356. The fraction of sp³-hybridized carbons (Fsp3) is 0.200. The highest BCUT2D eigenvalue weighted by molar-refractivity contribution is 7.85. The van der Waals surface area contributed by atoms with Crippen LogP contribution in [-0.4, -0.2) is 19.9 Å². The second-order valence-electron chi connectivity index (χ2n) is 4.70. The molecule has 0 bridgehead atoms. The zero-order valence-corrected chi connectivity index (χ0v) is 13.6. The summed E-state index contributed by atoms with van der Waals surface area (Å²) in [5, 5.41) is 0.518. The van der Waals surface area contributed by atoms with Crippen molar-refractivity contribution < 1.29 is 17.4 Å². The zero-order valence-electron chi connectivity index (χ0n) is 11.9. The molecule has 0 aliphatic heterocycles. The molecule has 0 aliphatic rings. The molecule has 2 aromatic heterocycles. The highest BCUT2D eigenvalue weighted by Crippen LogP contribution is 2.35. The van der Waals surface area contributed by atoms with E-state index in [1.807, 2.05) is 6.92 Å². The number of nitrogens with zero attached hydrogens (tertiary/aromatic N) is 2. The third-order valence-electron chi connectivity index (χ3n) is 3.20. The van der Waals surface area contributed by atoms with Gasteiger partial charge in [0.2, 0.25) is 0 Å². The van der Waals surface area contributed by atoms with E-state index in [9.17, 15) is 17.4 Å². The Balaban J connectivity index is 2.13. The minimum Gasteiger partial charge on any atom is -0.254 e. The molecule has 0 radical (unpaired) electrons. The van der Waals surface area contributed by atoms with E-state index >= 15 is 0 Å². The van der Waals surface area contributed by atoms with Gasteiger partial charge in [-0.05, 0) is 12.1 Å². The Morgan fingerprint density at radius 2 is 2.00 bits per heavy atom. The summed E-state index contributed by atoms with van der Waals surface area (Å²) in [5.74, 6) is 0.457. The number of fused-ring (bicyclic) bond motifs is 1. The Kier molecular flexibility index (Phi) is 4.20. The first-order valence-corrected chi connectivity index (χ1v) is 8.85. The number of benzene rings is 1. The maximum atomic E-state index is 12.8. The Hall–Kier alpha value is -1.80. The first kappa shape index (κ1) is 16.1. The molecule has 0 saturated carbocycles. The number of pyridine rings is 1. The summed E-state index contributed by atoms with van der Waals surface area (Å²) in [6, 6.07) is 8.06. The van der Waals surface area contributed by atoms with Gasteiger partial charge in [-0.3, -0.25) is 4.21 Å².